The summed E-state index contributed by atoms with van der Waals surface area (Å²) in [6.07, 6.45) is 2.42. The van der Waals surface area contributed by atoms with E-state index in [1.807, 2.05) is 48.2 Å². The molecule has 33 heavy (non-hydrogen) atoms. The number of amides is 1. The van der Waals surface area contributed by atoms with Gasteiger partial charge in [0.25, 0.3) is 11.9 Å². The third kappa shape index (κ3) is 3.90. The zero-order valence-corrected chi connectivity index (χ0v) is 18.6. The van der Waals surface area contributed by atoms with Gasteiger partial charge in [0.1, 0.15) is 5.75 Å². The second-order valence-electron chi connectivity index (χ2n) is 8.54. The number of likely N-dealkylation sites (tertiary alicyclic amines) is 1. The van der Waals surface area contributed by atoms with Crippen molar-refractivity contribution in [2.24, 2.45) is 16.9 Å². The van der Waals surface area contributed by atoms with Gasteiger partial charge in [-0.3, -0.25) is 10.2 Å². The molecule has 0 radical (unpaired) electrons. The summed E-state index contributed by atoms with van der Waals surface area (Å²) in [6.45, 7) is 4.95. The maximum atomic E-state index is 13.4. The van der Waals surface area contributed by atoms with Crippen molar-refractivity contribution in [1.82, 2.24) is 9.88 Å². The summed E-state index contributed by atoms with van der Waals surface area (Å²) >= 11 is 0. The van der Waals surface area contributed by atoms with E-state index >= 15 is 0 Å². The fraction of sp³-hybridized carbons (Fsp3) is 0.333. The molecule has 9 nitrogen and oxygen atoms in total. The molecule has 2 atom stereocenters. The topological polar surface area (TPSA) is 107 Å². The van der Waals surface area contributed by atoms with Crippen molar-refractivity contribution < 1.29 is 13.9 Å². The van der Waals surface area contributed by atoms with Crippen LogP contribution >= 0.6 is 0 Å². The van der Waals surface area contributed by atoms with Gasteiger partial charge >= 0.3 is 0 Å². The number of benzene rings is 2. The first-order valence-electron chi connectivity index (χ1n) is 10.9. The highest BCUT2D eigenvalue weighted by Crippen LogP contribution is 2.37. The average Bonchev–Trinajstić information content (AvgIpc) is 3.52. The molecule has 1 aromatic heterocycles. The summed E-state index contributed by atoms with van der Waals surface area (Å²) in [5.41, 5.74) is 6.57. The molecule has 3 heterocycles. The van der Waals surface area contributed by atoms with Gasteiger partial charge in [-0.1, -0.05) is 17.7 Å². The Kier molecular flexibility index (Phi) is 5.45. The highest BCUT2D eigenvalue weighted by Gasteiger charge is 2.43. The number of para-hydroxylation sites is 1. The summed E-state index contributed by atoms with van der Waals surface area (Å²) in [6, 6.07) is 11.9. The molecule has 2 fully saturated rings. The molecular formula is C24H26N6O3. The highest BCUT2D eigenvalue weighted by molar-refractivity contribution is 6.14. The molecule has 2 aliphatic heterocycles. The van der Waals surface area contributed by atoms with Crippen molar-refractivity contribution in [3.63, 3.8) is 0 Å². The van der Waals surface area contributed by atoms with Gasteiger partial charge < -0.3 is 24.4 Å². The van der Waals surface area contributed by atoms with Crippen molar-refractivity contribution in [3.8, 4) is 5.75 Å². The van der Waals surface area contributed by atoms with Crippen LogP contribution in [0.15, 0.2) is 45.9 Å². The number of hydrogen-bond acceptors (Lipinski definition) is 8. The number of hydrogen-bond donors (Lipinski definition) is 2. The van der Waals surface area contributed by atoms with Gasteiger partial charge in [-0.15, -0.1) is 0 Å². The number of carbonyl (C=O) groups excluding carboxylic acids is 1. The van der Waals surface area contributed by atoms with Crippen molar-refractivity contribution >= 4 is 41.1 Å². The van der Waals surface area contributed by atoms with Crippen LogP contribution in [0.3, 0.4) is 0 Å². The molecule has 0 saturated carbocycles. The Morgan fingerprint density at radius 3 is 2.76 bits per heavy atom. The third-order valence-corrected chi connectivity index (χ3v) is 6.37. The molecule has 2 saturated heterocycles. The fourth-order valence-electron chi connectivity index (χ4n) is 4.77. The summed E-state index contributed by atoms with van der Waals surface area (Å²) in [5.74, 6) is 1.43. The molecule has 9 heteroatoms. The standard InChI is InChI=1S/C24H26N6O3/c1-15-6-7-19(28-26-9-8-25)18(10-15)23(31)29-11-16-13-30(14-17(16)12-29)24-27-22-20(32-2)4-3-5-21(22)33-24/h3-10,16-17,25,28H,11-14H2,1-2H3/b25-8?,26-9-. The molecule has 2 aliphatic rings. The summed E-state index contributed by atoms with van der Waals surface area (Å²) in [5, 5.41) is 11.0. The van der Waals surface area contributed by atoms with Crippen LogP contribution < -0.4 is 15.1 Å². The Morgan fingerprint density at radius 2 is 2.03 bits per heavy atom. The average molecular weight is 447 g/mol. The smallest absolute Gasteiger partial charge is 0.298 e. The second-order valence-corrected chi connectivity index (χ2v) is 8.54. The fourth-order valence-corrected chi connectivity index (χ4v) is 4.77. The minimum Gasteiger partial charge on any atom is -0.494 e. The van der Waals surface area contributed by atoms with E-state index < -0.39 is 0 Å². The van der Waals surface area contributed by atoms with Crippen LogP contribution in [-0.2, 0) is 0 Å². The van der Waals surface area contributed by atoms with Crippen LogP contribution in [0.1, 0.15) is 15.9 Å². The number of aryl methyl sites for hydroxylation is 1. The minimum atomic E-state index is -0.00111. The number of hydrazone groups is 1. The lowest BCUT2D eigenvalue weighted by Crippen LogP contribution is -2.33. The predicted molar refractivity (Wildman–Crippen MR) is 128 cm³/mol. The number of rotatable bonds is 6. The molecule has 0 bridgehead atoms. The zero-order valence-electron chi connectivity index (χ0n) is 18.6. The van der Waals surface area contributed by atoms with Gasteiger partial charge in [-0.2, -0.15) is 10.1 Å². The Morgan fingerprint density at radius 1 is 1.24 bits per heavy atom. The van der Waals surface area contributed by atoms with Crippen LogP contribution in [0, 0.1) is 24.2 Å². The molecule has 1 amide bonds. The molecule has 3 aromatic rings. The van der Waals surface area contributed by atoms with Gasteiger partial charge in [-0.25, -0.2) is 0 Å². The van der Waals surface area contributed by atoms with Crippen LogP contribution in [0.2, 0.25) is 0 Å². The van der Waals surface area contributed by atoms with Crippen molar-refractivity contribution in [1.29, 1.82) is 5.41 Å². The number of aromatic nitrogens is 1. The van der Waals surface area contributed by atoms with Crippen LogP contribution in [0.5, 0.6) is 5.75 Å². The molecule has 5 rings (SSSR count). The largest absolute Gasteiger partial charge is 0.494 e. The maximum Gasteiger partial charge on any atom is 0.298 e. The molecular weight excluding hydrogens is 420 g/mol. The number of ether oxygens (including phenoxy) is 1. The van der Waals surface area contributed by atoms with Crippen LogP contribution in [0.4, 0.5) is 11.7 Å². The minimum absolute atomic E-state index is 0.00111. The van der Waals surface area contributed by atoms with Gasteiger partial charge in [0.05, 0.1) is 24.6 Å². The highest BCUT2D eigenvalue weighted by atomic mass is 16.5. The first-order valence-corrected chi connectivity index (χ1v) is 10.9. The lowest BCUT2D eigenvalue weighted by Gasteiger charge is -2.22. The summed E-state index contributed by atoms with van der Waals surface area (Å²) in [7, 11) is 1.63. The van der Waals surface area contributed by atoms with E-state index in [4.69, 9.17) is 14.6 Å². The van der Waals surface area contributed by atoms with E-state index in [0.29, 0.717) is 53.5 Å². The predicted octanol–water partition coefficient (Wildman–Crippen LogP) is 3.40. The number of carbonyl (C=O) groups is 1. The molecule has 170 valence electrons. The van der Waals surface area contributed by atoms with Crippen molar-refractivity contribution in [3.05, 3.63) is 47.5 Å². The number of anilines is 2. The Labute approximate surface area is 191 Å². The van der Waals surface area contributed by atoms with E-state index in [1.165, 1.54) is 6.21 Å². The number of oxazole rings is 1. The van der Waals surface area contributed by atoms with Gasteiger partial charge in [0.2, 0.25) is 0 Å². The third-order valence-electron chi connectivity index (χ3n) is 6.37. The van der Waals surface area contributed by atoms with Crippen molar-refractivity contribution in [2.75, 3.05) is 43.6 Å². The maximum absolute atomic E-state index is 13.4. The van der Waals surface area contributed by atoms with Gasteiger partial charge in [0.15, 0.2) is 11.1 Å². The summed E-state index contributed by atoms with van der Waals surface area (Å²) in [4.78, 5) is 22.1. The lowest BCUT2D eigenvalue weighted by atomic mass is 10.0. The monoisotopic (exact) mass is 446 g/mol. The Hall–Kier alpha value is -3.88. The van der Waals surface area contributed by atoms with E-state index in [2.05, 4.69) is 20.4 Å². The molecule has 2 aromatic carbocycles. The normalized spacial score (nSPS) is 19.9. The Bertz CT molecular complexity index is 1220. The number of fused-ring (bicyclic) bond motifs is 2. The van der Waals surface area contributed by atoms with Crippen LogP contribution in [0.25, 0.3) is 11.1 Å². The molecule has 0 aliphatic carbocycles. The number of methoxy groups -OCH3 is 1. The van der Waals surface area contributed by atoms with Crippen LogP contribution in [-0.4, -0.2) is 61.5 Å². The summed E-state index contributed by atoms with van der Waals surface area (Å²) < 4.78 is 11.4. The number of nitrogens with zero attached hydrogens (tertiary/aromatic N) is 4. The SMILES string of the molecule is COc1cccc2oc(N3CC4CN(C(=O)c5cc(C)ccc5N/N=C\C=N)CC4C3)nc12. The van der Waals surface area contributed by atoms with E-state index in [0.717, 1.165) is 30.4 Å². The Balaban J connectivity index is 1.29. The van der Waals surface area contributed by atoms with E-state index in [9.17, 15) is 4.79 Å². The van der Waals surface area contributed by atoms with Crippen molar-refractivity contribution in [2.45, 2.75) is 6.92 Å². The van der Waals surface area contributed by atoms with E-state index in [-0.39, 0.29) is 5.91 Å². The zero-order chi connectivity index (χ0) is 22.9. The quantitative estimate of drug-likeness (QED) is 0.444. The van der Waals surface area contributed by atoms with Gasteiger partial charge in [0, 0.05) is 44.2 Å². The number of nitrogens with one attached hydrogen (secondary N) is 2. The van der Waals surface area contributed by atoms with Gasteiger partial charge in [-0.05, 0) is 31.2 Å². The molecule has 2 unspecified atom stereocenters. The first kappa shape index (κ1) is 21.0. The van der Waals surface area contributed by atoms with E-state index in [1.54, 1.807) is 7.11 Å². The second kappa shape index (κ2) is 8.57. The molecule has 0 spiro atoms. The molecule has 2 N–H and O–H groups in total. The first-order chi connectivity index (χ1) is 16.1. The lowest BCUT2D eigenvalue weighted by molar-refractivity contribution is 0.0783.